The Hall–Kier alpha value is -2.48. The normalized spacial score (nSPS) is 14.7. The highest BCUT2D eigenvalue weighted by molar-refractivity contribution is 5.86. The van der Waals surface area contributed by atoms with Crippen LogP contribution in [0.3, 0.4) is 0 Å². The summed E-state index contributed by atoms with van der Waals surface area (Å²) in [4.78, 5) is 0. The number of allylic oxidation sites excluding steroid dienone is 2. The molecule has 0 radical (unpaired) electrons. The zero-order valence-electron chi connectivity index (χ0n) is 14.5. The fourth-order valence-electron chi connectivity index (χ4n) is 2.56. The molecule has 0 fully saturated rings. The van der Waals surface area contributed by atoms with E-state index < -0.39 is 12.3 Å². The average molecular weight is 353 g/mol. The zero-order chi connectivity index (χ0) is 18.6. The number of alkyl halides is 3. The van der Waals surface area contributed by atoms with E-state index >= 15 is 0 Å². The number of aromatic nitrogens is 2. The number of nitrogens with one attached hydrogen (secondary N) is 4. The minimum absolute atomic E-state index is 0.398. The van der Waals surface area contributed by atoms with Gasteiger partial charge in [-0.1, -0.05) is 0 Å². The van der Waals surface area contributed by atoms with Crippen molar-refractivity contribution in [3.8, 4) is 0 Å². The van der Waals surface area contributed by atoms with E-state index in [-0.39, 0.29) is 0 Å². The summed E-state index contributed by atoms with van der Waals surface area (Å²) in [6.45, 7) is 3.65. The first kappa shape index (κ1) is 18.9. The van der Waals surface area contributed by atoms with Crippen LogP contribution in [0, 0.1) is 6.92 Å². The largest absolute Gasteiger partial charge is 0.422 e. The van der Waals surface area contributed by atoms with Gasteiger partial charge in [-0.25, -0.2) is 0 Å². The highest BCUT2D eigenvalue weighted by Crippen LogP contribution is 2.27. The molecule has 1 aromatic carbocycles. The van der Waals surface area contributed by atoms with Gasteiger partial charge in [0.1, 0.15) is 0 Å². The number of halogens is 3. The maximum absolute atomic E-state index is 13.2. The number of hydrogen-bond donors (Lipinski definition) is 4. The second-order valence-electron chi connectivity index (χ2n) is 5.72. The lowest BCUT2D eigenvalue weighted by molar-refractivity contribution is -0.158. The van der Waals surface area contributed by atoms with Crippen molar-refractivity contribution < 1.29 is 13.2 Å². The average Bonchev–Trinajstić information content (AvgIpc) is 3.01. The number of hydrogen-bond acceptors (Lipinski definition) is 4. The van der Waals surface area contributed by atoms with Crippen molar-refractivity contribution in [1.82, 2.24) is 26.1 Å². The van der Waals surface area contributed by atoms with Crippen molar-refractivity contribution in [2.45, 2.75) is 26.2 Å². The van der Waals surface area contributed by atoms with Crippen molar-refractivity contribution in [3.05, 3.63) is 47.3 Å². The molecule has 0 saturated carbocycles. The molecule has 0 aliphatic rings. The Bertz CT molecular complexity index is 789. The van der Waals surface area contributed by atoms with Crippen molar-refractivity contribution in [2.75, 3.05) is 14.1 Å². The third kappa shape index (κ3) is 4.33. The van der Waals surface area contributed by atoms with Crippen LogP contribution >= 0.6 is 0 Å². The van der Waals surface area contributed by atoms with Gasteiger partial charge in [-0.05, 0) is 62.0 Å². The van der Waals surface area contributed by atoms with Gasteiger partial charge in [0, 0.05) is 18.1 Å². The predicted molar refractivity (Wildman–Crippen MR) is 93.7 cm³/mol. The minimum atomic E-state index is -4.43. The van der Waals surface area contributed by atoms with Gasteiger partial charge < -0.3 is 10.6 Å². The number of H-pyrrole nitrogens is 1. The van der Waals surface area contributed by atoms with Crippen molar-refractivity contribution in [1.29, 1.82) is 0 Å². The first-order valence-electron chi connectivity index (χ1n) is 7.77. The molecule has 0 amide bonds. The van der Waals surface area contributed by atoms with Gasteiger partial charge >= 0.3 is 6.18 Å². The number of rotatable bonds is 6. The third-order valence-electron chi connectivity index (χ3n) is 3.83. The second kappa shape index (κ2) is 7.60. The van der Waals surface area contributed by atoms with Crippen LogP contribution in [0.1, 0.15) is 18.1 Å². The maximum Gasteiger partial charge on any atom is 0.422 e. The van der Waals surface area contributed by atoms with E-state index in [0.29, 0.717) is 16.8 Å². The highest BCUT2D eigenvalue weighted by Gasteiger charge is 2.39. The van der Waals surface area contributed by atoms with Crippen molar-refractivity contribution in [2.24, 2.45) is 0 Å². The van der Waals surface area contributed by atoms with Crippen LogP contribution in [-0.2, 0) is 0 Å². The van der Waals surface area contributed by atoms with E-state index in [4.69, 9.17) is 0 Å². The summed E-state index contributed by atoms with van der Waals surface area (Å²) in [7, 11) is 3.00. The lowest BCUT2D eigenvalue weighted by Crippen LogP contribution is -2.50. The molecule has 0 aliphatic heterocycles. The molecule has 0 spiro atoms. The van der Waals surface area contributed by atoms with E-state index in [9.17, 15) is 13.2 Å². The van der Waals surface area contributed by atoms with E-state index in [1.165, 1.54) is 7.05 Å². The summed E-state index contributed by atoms with van der Waals surface area (Å²) in [6, 6.07) is 3.65. The summed E-state index contributed by atoms with van der Waals surface area (Å²) in [5.74, 6) is 0. The van der Waals surface area contributed by atoms with Gasteiger partial charge in [0.25, 0.3) is 0 Å². The van der Waals surface area contributed by atoms with Gasteiger partial charge in [0.2, 0.25) is 0 Å². The van der Waals surface area contributed by atoms with Gasteiger partial charge in [0.15, 0.2) is 6.17 Å². The third-order valence-corrected chi connectivity index (χ3v) is 3.83. The fraction of sp³-hybridized carbons (Fsp3) is 0.353. The Morgan fingerprint density at radius 1 is 1.28 bits per heavy atom. The Morgan fingerprint density at radius 3 is 2.60 bits per heavy atom. The smallest absolute Gasteiger partial charge is 0.394 e. The summed E-state index contributed by atoms with van der Waals surface area (Å²) in [5.41, 5.74) is 3.50. The minimum Gasteiger partial charge on any atom is -0.394 e. The van der Waals surface area contributed by atoms with E-state index in [2.05, 4.69) is 26.1 Å². The highest BCUT2D eigenvalue weighted by atomic mass is 19.4. The van der Waals surface area contributed by atoms with E-state index in [0.717, 1.165) is 16.5 Å². The molecule has 1 atom stereocenters. The standard InChI is InChI=1S/C17H22F3N5/c1-10(5-6-21-3)14(24-16(22-4)17(18,19)20)12-7-11(2)15-13(8-12)9-23-25-15/h5-9,16,21-22,24H,1-4H3,(H,23,25)/b6-5-,14-10-. The summed E-state index contributed by atoms with van der Waals surface area (Å²) < 4.78 is 39.6. The molecule has 4 N–H and O–H groups in total. The molecule has 2 aromatic rings. The fourth-order valence-corrected chi connectivity index (χ4v) is 2.56. The van der Waals surface area contributed by atoms with Crippen LogP contribution in [0.5, 0.6) is 0 Å². The molecule has 8 heteroatoms. The van der Waals surface area contributed by atoms with Crippen molar-refractivity contribution in [3.63, 3.8) is 0 Å². The van der Waals surface area contributed by atoms with Gasteiger partial charge in [0.05, 0.1) is 11.7 Å². The van der Waals surface area contributed by atoms with Gasteiger partial charge in [-0.2, -0.15) is 18.3 Å². The summed E-state index contributed by atoms with van der Waals surface area (Å²) in [6.07, 6.45) is -1.24. The van der Waals surface area contributed by atoms with Crippen LogP contribution in [-0.4, -0.2) is 36.6 Å². The summed E-state index contributed by atoms with van der Waals surface area (Å²) >= 11 is 0. The maximum atomic E-state index is 13.2. The molecule has 0 saturated heterocycles. The Balaban J connectivity index is 2.55. The lowest BCUT2D eigenvalue weighted by atomic mass is 10.0. The molecule has 2 rings (SSSR count). The number of nitrogens with zero attached hydrogens (tertiary/aromatic N) is 1. The van der Waals surface area contributed by atoms with E-state index in [1.807, 2.05) is 19.1 Å². The number of fused-ring (bicyclic) bond motifs is 1. The van der Waals surface area contributed by atoms with Crippen LogP contribution in [0.2, 0.25) is 0 Å². The molecular weight excluding hydrogens is 331 g/mol. The predicted octanol–water partition coefficient (Wildman–Crippen LogP) is 3.03. The van der Waals surface area contributed by atoms with Gasteiger partial charge in [-0.3, -0.25) is 10.4 Å². The Morgan fingerprint density at radius 2 is 2.00 bits per heavy atom. The molecule has 25 heavy (non-hydrogen) atoms. The number of benzene rings is 1. The van der Waals surface area contributed by atoms with Crippen LogP contribution in [0.15, 0.2) is 36.2 Å². The van der Waals surface area contributed by atoms with Crippen LogP contribution in [0.25, 0.3) is 16.6 Å². The van der Waals surface area contributed by atoms with Crippen molar-refractivity contribution >= 4 is 16.6 Å². The molecule has 1 unspecified atom stereocenters. The lowest BCUT2D eigenvalue weighted by Gasteiger charge is -2.25. The molecule has 0 bridgehead atoms. The van der Waals surface area contributed by atoms with E-state index in [1.54, 1.807) is 32.4 Å². The molecule has 1 heterocycles. The number of aromatic amines is 1. The Labute approximate surface area is 144 Å². The topological polar surface area (TPSA) is 64.8 Å². The number of aryl methyl sites for hydroxylation is 1. The monoisotopic (exact) mass is 353 g/mol. The first-order chi connectivity index (χ1) is 11.8. The molecule has 1 aromatic heterocycles. The van der Waals surface area contributed by atoms with Gasteiger partial charge in [-0.15, -0.1) is 0 Å². The SMILES string of the molecule is CN/C=C\C(C)=C(/NC(NC)C(F)(F)F)c1cc(C)c2[nH]ncc2c1. The summed E-state index contributed by atoms with van der Waals surface area (Å²) in [5, 5.41) is 15.4. The quantitative estimate of drug-likeness (QED) is 0.476. The molecule has 5 nitrogen and oxygen atoms in total. The second-order valence-corrected chi connectivity index (χ2v) is 5.72. The Kier molecular flexibility index (Phi) is 5.73. The van der Waals surface area contributed by atoms with Crippen LogP contribution in [0.4, 0.5) is 13.2 Å². The first-order valence-corrected chi connectivity index (χ1v) is 7.77. The molecular formula is C17H22F3N5. The van der Waals surface area contributed by atoms with Crippen LogP contribution < -0.4 is 16.0 Å². The molecule has 136 valence electrons. The molecule has 0 aliphatic carbocycles. The zero-order valence-corrected chi connectivity index (χ0v) is 14.5.